The van der Waals surface area contributed by atoms with Crippen LogP contribution < -0.4 is 0 Å². The summed E-state index contributed by atoms with van der Waals surface area (Å²) in [6.45, 7) is 23.0. The second kappa shape index (κ2) is 16.6. The summed E-state index contributed by atoms with van der Waals surface area (Å²) in [7, 11) is 1.80. The van der Waals surface area contributed by atoms with Crippen molar-refractivity contribution >= 4 is 5.97 Å². The fourth-order valence-corrected chi connectivity index (χ4v) is 11.7. The predicted octanol–water partition coefficient (Wildman–Crippen LogP) is 6.82. The topological polar surface area (TPSA) is 131 Å². The van der Waals surface area contributed by atoms with Crippen LogP contribution in [-0.2, 0) is 42.7 Å². The van der Waals surface area contributed by atoms with Crippen molar-refractivity contribution in [3.05, 3.63) is 0 Å². The van der Waals surface area contributed by atoms with E-state index in [9.17, 15) is 15.0 Å². The highest BCUT2D eigenvalue weighted by Gasteiger charge is 2.65. The van der Waals surface area contributed by atoms with Gasteiger partial charge in [0.15, 0.2) is 5.79 Å². The van der Waals surface area contributed by atoms with E-state index in [-0.39, 0.29) is 109 Å². The maximum atomic E-state index is 12.3. The van der Waals surface area contributed by atoms with Crippen LogP contribution in [0.1, 0.15) is 134 Å². The molecular weight excluding hydrogens is 704 g/mol. The van der Waals surface area contributed by atoms with Crippen LogP contribution in [0.25, 0.3) is 0 Å². The molecule has 1 spiro atoms. The van der Waals surface area contributed by atoms with Crippen LogP contribution in [0.4, 0.5) is 0 Å². The maximum Gasteiger partial charge on any atom is 0.308 e. The Balaban J connectivity index is 1.12. The highest BCUT2D eigenvalue weighted by Crippen LogP contribution is 2.57. The summed E-state index contributed by atoms with van der Waals surface area (Å²) < 4.78 is 53.3. The Morgan fingerprint density at radius 2 is 1.56 bits per heavy atom. The van der Waals surface area contributed by atoms with Gasteiger partial charge in [0.05, 0.1) is 66.0 Å². The molecule has 6 aliphatic heterocycles. The van der Waals surface area contributed by atoms with Crippen molar-refractivity contribution in [3.8, 4) is 0 Å². The second-order valence-electron chi connectivity index (χ2n) is 20.0. The van der Waals surface area contributed by atoms with Crippen LogP contribution in [0.2, 0.25) is 0 Å². The van der Waals surface area contributed by atoms with Crippen LogP contribution in [0.3, 0.4) is 0 Å². The molecule has 0 saturated carbocycles. The highest BCUT2D eigenvalue weighted by atomic mass is 16.7. The summed E-state index contributed by atoms with van der Waals surface area (Å²) in [5.74, 6) is -2.14. The summed E-state index contributed by atoms with van der Waals surface area (Å²) in [6, 6.07) is 0. The average Bonchev–Trinajstić information content (AvgIpc) is 3.81. The van der Waals surface area contributed by atoms with Crippen molar-refractivity contribution < 1.29 is 52.9 Å². The minimum absolute atomic E-state index is 0.00930. The molecule has 11 heteroatoms. The summed E-state index contributed by atoms with van der Waals surface area (Å²) in [5.41, 5.74) is -1.08. The van der Waals surface area contributed by atoms with E-state index in [0.717, 1.165) is 57.8 Å². The molecule has 0 aromatic rings. The first-order valence-electron chi connectivity index (χ1n) is 21.8. The van der Waals surface area contributed by atoms with Gasteiger partial charge in [-0.1, -0.05) is 62.3 Å². The Hall–Kier alpha value is -0.890. The molecule has 6 aliphatic rings. The van der Waals surface area contributed by atoms with Gasteiger partial charge in [0.1, 0.15) is 6.61 Å². The van der Waals surface area contributed by atoms with Crippen LogP contribution in [-0.4, -0.2) is 108 Å². The Morgan fingerprint density at radius 1 is 0.836 bits per heavy atom. The zero-order valence-electron chi connectivity index (χ0n) is 36.1. The number of carbonyl (C=O) groups excluding carboxylic acids is 1. The van der Waals surface area contributed by atoms with Crippen molar-refractivity contribution in [3.63, 3.8) is 0 Å². The number of aliphatic hydroxyl groups excluding tert-OH is 1. The molecule has 6 fully saturated rings. The van der Waals surface area contributed by atoms with Gasteiger partial charge >= 0.3 is 5.97 Å². The molecule has 1 unspecified atom stereocenters. The molecule has 19 atom stereocenters. The standard InChI is InChI=1S/C44H76O11/c1-24(2)40(46)49-23-43(47)29(7)17-26(4)38(54-43)35-18-27(5)39(51-35)41(10)16-15-36(53-41)42(11)21-30(8)44(55-42)31(9)34(48-12)20-33(52-44)19-32-14-13-25(3)37(50-32)28(6)22-45/h24-39,45,47H,13-23H2,1-12H3/t25-,26-,27-,28-,29+,30+,31+,32+,33+,34+,35+,36+,37+,38-,39+,41-,42-,43-,44?/m0/s1. The number of rotatable bonds is 11. The molecule has 6 saturated heterocycles. The van der Waals surface area contributed by atoms with Gasteiger partial charge in [0.25, 0.3) is 0 Å². The van der Waals surface area contributed by atoms with Gasteiger partial charge < -0.3 is 48.1 Å². The molecule has 2 N–H and O–H groups in total. The van der Waals surface area contributed by atoms with E-state index >= 15 is 0 Å². The Labute approximate surface area is 331 Å². The van der Waals surface area contributed by atoms with Gasteiger partial charge in [-0.25, -0.2) is 0 Å². The minimum Gasteiger partial charge on any atom is -0.460 e. The smallest absolute Gasteiger partial charge is 0.308 e. The van der Waals surface area contributed by atoms with E-state index in [1.807, 2.05) is 6.92 Å². The summed E-state index contributed by atoms with van der Waals surface area (Å²) in [5, 5.41) is 21.5. The third-order valence-electron chi connectivity index (χ3n) is 15.1. The first-order chi connectivity index (χ1) is 25.8. The molecule has 0 aliphatic carbocycles. The van der Waals surface area contributed by atoms with Crippen LogP contribution in [0.15, 0.2) is 0 Å². The molecule has 55 heavy (non-hydrogen) atoms. The van der Waals surface area contributed by atoms with E-state index in [0.29, 0.717) is 5.92 Å². The summed E-state index contributed by atoms with van der Waals surface area (Å²) in [4.78, 5) is 12.3. The number of ether oxygens (including phenoxy) is 8. The number of hydrogen-bond donors (Lipinski definition) is 2. The summed E-state index contributed by atoms with van der Waals surface area (Å²) >= 11 is 0. The Bertz CT molecular complexity index is 1310. The van der Waals surface area contributed by atoms with Crippen molar-refractivity contribution in [2.45, 2.75) is 206 Å². The lowest BCUT2D eigenvalue weighted by Crippen LogP contribution is -2.58. The average molecular weight is 781 g/mol. The number of esters is 1. The zero-order chi connectivity index (χ0) is 40.2. The molecule has 0 bridgehead atoms. The predicted molar refractivity (Wildman–Crippen MR) is 207 cm³/mol. The lowest BCUT2D eigenvalue weighted by molar-refractivity contribution is -0.353. The monoisotopic (exact) mass is 781 g/mol. The maximum absolute atomic E-state index is 12.3. The third kappa shape index (κ3) is 8.45. The van der Waals surface area contributed by atoms with E-state index in [2.05, 4.69) is 55.4 Å². The van der Waals surface area contributed by atoms with E-state index in [1.165, 1.54) is 0 Å². The lowest BCUT2D eigenvalue weighted by Gasteiger charge is -2.50. The first kappa shape index (κ1) is 43.7. The van der Waals surface area contributed by atoms with Gasteiger partial charge in [-0.15, -0.1) is 0 Å². The van der Waals surface area contributed by atoms with Crippen molar-refractivity contribution in [1.29, 1.82) is 0 Å². The van der Waals surface area contributed by atoms with Crippen LogP contribution >= 0.6 is 0 Å². The Kier molecular flexibility index (Phi) is 13.2. The fourth-order valence-electron chi connectivity index (χ4n) is 11.7. The van der Waals surface area contributed by atoms with Gasteiger partial charge in [-0.3, -0.25) is 4.79 Å². The lowest BCUT2D eigenvalue weighted by atomic mass is 9.78. The zero-order valence-corrected chi connectivity index (χ0v) is 36.1. The second-order valence-corrected chi connectivity index (χ2v) is 20.0. The first-order valence-corrected chi connectivity index (χ1v) is 21.8. The van der Waals surface area contributed by atoms with Crippen molar-refractivity contribution in [2.24, 2.45) is 47.3 Å². The number of hydrogen-bond acceptors (Lipinski definition) is 11. The normalized spacial score (nSPS) is 51.2. The van der Waals surface area contributed by atoms with Crippen LogP contribution in [0, 0.1) is 47.3 Å². The fraction of sp³-hybridized carbons (Fsp3) is 0.977. The summed E-state index contributed by atoms with van der Waals surface area (Å²) in [6.07, 6.45) is 6.89. The molecule has 0 aromatic heterocycles. The largest absolute Gasteiger partial charge is 0.460 e. The molecule has 0 amide bonds. The molecule has 11 nitrogen and oxygen atoms in total. The highest BCUT2D eigenvalue weighted by molar-refractivity contribution is 5.71. The van der Waals surface area contributed by atoms with Gasteiger partial charge in [0.2, 0.25) is 5.79 Å². The van der Waals surface area contributed by atoms with E-state index in [1.54, 1.807) is 21.0 Å². The van der Waals surface area contributed by atoms with Gasteiger partial charge in [0, 0.05) is 50.2 Å². The van der Waals surface area contributed by atoms with Gasteiger partial charge in [-0.05, 0) is 76.5 Å². The quantitative estimate of drug-likeness (QED) is 0.214. The SMILES string of the molecule is CO[C@@H]1C[C@@H](C[C@H]2CC[C@H](C)[C@H]([C@@H](C)CO)O2)OC2(O[C@](C)([C@H]3CC[C@@](C)([C@@H]4O[C@@H]([C@H]5O[C@@](O)(COC(=O)C(C)C)[C@H](C)C[C@@H]5C)C[C@@H]4C)O3)C[C@H]2C)[C@@H]1C. The van der Waals surface area contributed by atoms with Crippen molar-refractivity contribution in [2.75, 3.05) is 20.3 Å². The number of carbonyl (C=O) groups is 1. The third-order valence-corrected chi connectivity index (χ3v) is 15.1. The van der Waals surface area contributed by atoms with Crippen LogP contribution in [0.5, 0.6) is 0 Å². The molecule has 0 aromatic carbocycles. The minimum atomic E-state index is -1.56. The van der Waals surface area contributed by atoms with Crippen molar-refractivity contribution in [1.82, 2.24) is 0 Å². The number of aliphatic hydroxyl groups is 2. The number of methoxy groups -OCH3 is 1. The molecule has 0 radical (unpaired) electrons. The van der Waals surface area contributed by atoms with Gasteiger partial charge in [-0.2, -0.15) is 0 Å². The molecule has 318 valence electrons. The van der Waals surface area contributed by atoms with E-state index in [4.69, 9.17) is 37.9 Å². The Morgan fingerprint density at radius 3 is 2.24 bits per heavy atom. The van der Waals surface area contributed by atoms with E-state index < -0.39 is 22.8 Å². The molecule has 6 heterocycles. The molecule has 6 rings (SSSR count). The molecular formula is C44H76O11.